The molecule has 2 rings (SSSR count). The molecule has 0 amide bonds. The maximum Gasteiger partial charge on any atom is 0.193 e. The Balaban J connectivity index is 2.64. The third kappa shape index (κ3) is 1.55. The standard InChI is InChI=1S/C13H12OS/c1-3-4-10-8(2)12-7-9(15)5-6-11(12)13(10)14/h3-7,15H,1-2H3. The van der Waals surface area contributed by atoms with E-state index in [0.717, 1.165) is 27.2 Å². The fourth-order valence-electron chi connectivity index (χ4n) is 1.87. The molecular weight excluding hydrogens is 204 g/mol. The van der Waals surface area contributed by atoms with Crippen LogP contribution in [0.2, 0.25) is 0 Å². The molecule has 0 bridgehead atoms. The van der Waals surface area contributed by atoms with Gasteiger partial charge in [-0.2, -0.15) is 0 Å². The van der Waals surface area contributed by atoms with Gasteiger partial charge in [-0.25, -0.2) is 0 Å². The minimum absolute atomic E-state index is 0.119. The molecule has 0 heterocycles. The van der Waals surface area contributed by atoms with Crippen LogP contribution in [0.15, 0.2) is 40.8 Å². The lowest BCUT2D eigenvalue weighted by atomic mass is 10.1. The number of thiol groups is 1. The molecule has 76 valence electrons. The molecule has 0 spiro atoms. The Bertz CT molecular complexity index is 495. The summed E-state index contributed by atoms with van der Waals surface area (Å²) in [5.41, 5.74) is 3.65. The number of hydrogen-bond acceptors (Lipinski definition) is 2. The van der Waals surface area contributed by atoms with Crippen LogP contribution in [0.5, 0.6) is 0 Å². The van der Waals surface area contributed by atoms with Crippen molar-refractivity contribution in [1.29, 1.82) is 0 Å². The average molecular weight is 216 g/mol. The van der Waals surface area contributed by atoms with E-state index in [1.54, 1.807) is 0 Å². The van der Waals surface area contributed by atoms with Gasteiger partial charge >= 0.3 is 0 Å². The summed E-state index contributed by atoms with van der Waals surface area (Å²) in [7, 11) is 0. The number of fused-ring (bicyclic) bond motifs is 1. The van der Waals surface area contributed by atoms with E-state index < -0.39 is 0 Å². The van der Waals surface area contributed by atoms with Gasteiger partial charge in [-0.1, -0.05) is 12.2 Å². The highest BCUT2D eigenvalue weighted by atomic mass is 32.1. The number of benzene rings is 1. The molecule has 0 aromatic heterocycles. The second-order valence-corrected chi connectivity index (χ2v) is 4.11. The molecule has 0 fully saturated rings. The largest absolute Gasteiger partial charge is 0.289 e. The highest BCUT2D eigenvalue weighted by Crippen LogP contribution is 2.34. The highest BCUT2D eigenvalue weighted by Gasteiger charge is 2.24. The first-order chi connectivity index (χ1) is 7.15. The van der Waals surface area contributed by atoms with Crippen molar-refractivity contribution in [1.82, 2.24) is 0 Å². The van der Waals surface area contributed by atoms with Gasteiger partial charge in [0.1, 0.15) is 0 Å². The van der Waals surface area contributed by atoms with E-state index in [1.807, 2.05) is 44.2 Å². The van der Waals surface area contributed by atoms with E-state index >= 15 is 0 Å². The molecular formula is C13H12OS. The quantitative estimate of drug-likeness (QED) is 0.711. The molecule has 0 unspecified atom stereocenters. The maximum absolute atomic E-state index is 12.0. The van der Waals surface area contributed by atoms with E-state index in [1.165, 1.54) is 0 Å². The lowest BCUT2D eigenvalue weighted by molar-refractivity contribution is 0.104. The van der Waals surface area contributed by atoms with Gasteiger partial charge in [-0.3, -0.25) is 4.79 Å². The monoisotopic (exact) mass is 216 g/mol. The van der Waals surface area contributed by atoms with E-state index in [0.29, 0.717) is 0 Å². The fraction of sp³-hybridized carbons (Fsp3) is 0.154. The number of rotatable bonds is 1. The number of ketones is 1. The summed E-state index contributed by atoms with van der Waals surface area (Å²) in [6, 6.07) is 5.65. The smallest absolute Gasteiger partial charge is 0.193 e. The lowest BCUT2D eigenvalue weighted by Gasteiger charge is -1.99. The molecule has 0 radical (unpaired) electrons. The SMILES string of the molecule is CC=CC1=C(C)c2cc(S)ccc2C1=O. The number of carbonyl (C=O) groups is 1. The van der Waals surface area contributed by atoms with Crippen molar-refractivity contribution >= 4 is 24.0 Å². The van der Waals surface area contributed by atoms with E-state index in [4.69, 9.17) is 0 Å². The molecule has 1 aromatic carbocycles. The zero-order valence-corrected chi connectivity index (χ0v) is 9.64. The van der Waals surface area contributed by atoms with Gasteiger partial charge in [-0.05, 0) is 43.2 Å². The normalized spacial score (nSPS) is 15.3. The summed E-state index contributed by atoms with van der Waals surface area (Å²) in [6.07, 6.45) is 3.76. The van der Waals surface area contributed by atoms with Gasteiger partial charge in [-0.15, -0.1) is 12.6 Å². The number of allylic oxidation sites excluding steroid dienone is 4. The van der Waals surface area contributed by atoms with Crippen LogP contribution in [0, 0.1) is 0 Å². The van der Waals surface area contributed by atoms with Crippen LogP contribution in [0.25, 0.3) is 5.57 Å². The summed E-state index contributed by atoms with van der Waals surface area (Å²) in [4.78, 5) is 12.9. The van der Waals surface area contributed by atoms with Gasteiger partial charge in [0.15, 0.2) is 5.78 Å². The van der Waals surface area contributed by atoms with Crippen molar-refractivity contribution in [2.45, 2.75) is 18.7 Å². The summed E-state index contributed by atoms with van der Waals surface area (Å²) in [6.45, 7) is 3.90. The Labute approximate surface area is 94.9 Å². The first kappa shape index (κ1) is 10.2. The Morgan fingerprint density at radius 3 is 2.67 bits per heavy atom. The highest BCUT2D eigenvalue weighted by molar-refractivity contribution is 7.80. The van der Waals surface area contributed by atoms with Crippen LogP contribution in [0.3, 0.4) is 0 Å². The molecule has 1 aliphatic carbocycles. The zero-order chi connectivity index (χ0) is 11.0. The average Bonchev–Trinajstić information content (AvgIpc) is 2.44. The van der Waals surface area contributed by atoms with Gasteiger partial charge in [0.25, 0.3) is 0 Å². The number of carbonyl (C=O) groups excluding carboxylic acids is 1. The van der Waals surface area contributed by atoms with E-state index in [-0.39, 0.29) is 5.78 Å². The third-order valence-corrected chi connectivity index (χ3v) is 2.91. The second-order valence-electron chi connectivity index (χ2n) is 3.60. The minimum Gasteiger partial charge on any atom is -0.289 e. The number of Topliss-reactive ketones (excluding diaryl/α,β-unsaturated/α-hetero) is 1. The van der Waals surface area contributed by atoms with Crippen LogP contribution in [-0.2, 0) is 0 Å². The summed E-state index contributed by atoms with van der Waals surface area (Å²) in [5, 5.41) is 0. The van der Waals surface area contributed by atoms with Crippen LogP contribution in [0.1, 0.15) is 29.8 Å². The van der Waals surface area contributed by atoms with Gasteiger partial charge in [0.05, 0.1) is 0 Å². The van der Waals surface area contributed by atoms with E-state index in [9.17, 15) is 4.79 Å². The Kier molecular flexibility index (Phi) is 2.53. The molecule has 0 aliphatic heterocycles. The molecule has 1 aliphatic rings. The van der Waals surface area contributed by atoms with Gasteiger partial charge < -0.3 is 0 Å². The lowest BCUT2D eigenvalue weighted by Crippen LogP contribution is -1.96. The zero-order valence-electron chi connectivity index (χ0n) is 8.74. The molecule has 15 heavy (non-hydrogen) atoms. The molecule has 2 heteroatoms. The summed E-state index contributed by atoms with van der Waals surface area (Å²) < 4.78 is 0. The van der Waals surface area contributed by atoms with Crippen LogP contribution in [0.4, 0.5) is 0 Å². The second kappa shape index (κ2) is 3.70. The minimum atomic E-state index is 0.119. The Morgan fingerprint density at radius 2 is 2.00 bits per heavy atom. The van der Waals surface area contributed by atoms with Crippen molar-refractivity contribution in [3.05, 3.63) is 47.1 Å². The van der Waals surface area contributed by atoms with Crippen molar-refractivity contribution in [3.8, 4) is 0 Å². The maximum atomic E-state index is 12.0. The van der Waals surface area contributed by atoms with Crippen LogP contribution in [-0.4, -0.2) is 5.78 Å². The Hall–Kier alpha value is -1.28. The van der Waals surface area contributed by atoms with Crippen molar-refractivity contribution in [2.75, 3.05) is 0 Å². The third-order valence-electron chi connectivity index (χ3n) is 2.63. The van der Waals surface area contributed by atoms with Crippen molar-refractivity contribution in [2.24, 2.45) is 0 Å². The summed E-state index contributed by atoms with van der Waals surface area (Å²) >= 11 is 4.28. The summed E-state index contributed by atoms with van der Waals surface area (Å²) in [5.74, 6) is 0.119. The fourth-order valence-corrected chi connectivity index (χ4v) is 2.07. The van der Waals surface area contributed by atoms with Crippen molar-refractivity contribution in [3.63, 3.8) is 0 Å². The molecule has 0 N–H and O–H groups in total. The number of hydrogen-bond donors (Lipinski definition) is 1. The van der Waals surface area contributed by atoms with Crippen LogP contribution < -0.4 is 0 Å². The molecule has 0 saturated heterocycles. The van der Waals surface area contributed by atoms with Crippen LogP contribution >= 0.6 is 12.6 Å². The molecule has 1 nitrogen and oxygen atoms in total. The predicted molar refractivity (Wildman–Crippen MR) is 65.4 cm³/mol. The Morgan fingerprint density at radius 1 is 1.27 bits per heavy atom. The predicted octanol–water partition coefficient (Wildman–Crippen LogP) is 3.52. The van der Waals surface area contributed by atoms with Crippen molar-refractivity contribution < 1.29 is 4.79 Å². The topological polar surface area (TPSA) is 17.1 Å². The van der Waals surface area contributed by atoms with E-state index in [2.05, 4.69) is 12.6 Å². The molecule has 1 aromatic rings. The molecule has 0 saturated carbocycles. The molecule has 0 atom stereocenters. The van der Waals surface area contributed by atoms with Gasteiger partial charge in [0, 0.05) is 16.0 Å². The first-order valence-electron chi connectivity index (χ1n) is 4.87. The van der Waals surface area contributed by atoms with Gasteiger partial charge in [0.2, 0.25) is 0 Å². The first-order valence-corrected chi connectivity index (χ1v) is 5.31.